The fourth-order valence-electron chi connectivity index (χ4n) is 7.39. The van der Waals surface area contributed by atoms with Crippen molar-refractivity contribution in [2.24, 2.45) is 0 Å². The van der Waals surface area contributed by atoms with Gasteiger partial charge in [0.2, 0.25) is 0 Å². The van der Waals surface area contributed by atoms with Gasteiger partial charge < -0.3 is 0 Å². The lowest BCUT2D eigenvalue weighted by Crippen LogP contribution is -1.93. The molecule has 0 heterocycles. The maximum Gasteiger partial charge on any atom is 0.0623 e. The van der Waals surface area contributed by atoms with E-state index >= 15 is 0 Å². The Morgan fingerprint density at radius 1 is 0.250 bits per heavy atom. The Labute approximate surface area is 285 Å². The van der Waals surface area contributed by atoms with Crippen molar-refractivity contribution in [3.8, 4) is 55.6 Å². The molecular weight excluding hydrogens is 577 g/mol. The van der Waals surface area contributed by atoms with Crippen LogP contribution in [0.4, 0.5) is 0 Å². The molecule has 0 unspecified atom stereocenters. The van der Waals surface area contributed by atoms with Gasteiger partial charge in [-0.25, -0.2) is 0 Å². The fraction of sp³-hybridized carbons (Fsp3) is 0. The Balaban J connectivity index is 1.36. The lowest BCUT2D eigenvalue weighted by Gasteiger charge is -2.21. The van der Waals surface area contributed by atoms with Crippen molar-refractivity contribution in [3.05, 3.63) is 194 Å². The van der Waals surface area contributed by atoms with Crippen molar-refractivity contribution in [2.75, 3.05) is 0 Å². The SMILES string of the molecule is [2H]c1cc(-c2ccccc2-c2c3ccccc3c(-c3ccccc3)c3cc(-c4ccc(-c5ccccc5)c5ccccc45)ccc23)cc([2H])c1[2H]. The van der Waals surface area contributed by atoms with Gasteiger partial charge in [-0.3, -0.25) is 0 Å². The zero-order valence-electron chi connectivity index (χ0n) is 29.2. The third-order valence-corrected chi connectivity index (χ3v) is 9.51. The average molecular weight is 612 g/mol. The highest BCUT2D eigenvalue weighted by Gasteiger charge is 2.20. The summed E-state index contributed by atoms with van der Waals surface area (Å²) in [7, 11) is 0. The summed E-state index contributed by atoms with van der Waals surface area (Å²) in [5.74, 6) is 0. The maximum absolute atomic E-state index is 8.43. The molecule has 0 aliphatic rings. The van der Waals surface area contributed by atoms with Crippen LogP contribution in [0, 0.1) is 0 Å². The van der Waals surface area contributed by atoms with Crippen LogP contribution < -0.4 is 0 Å². The van der Waals surface area contributed by atoms with Crippen LogP contribution >= 0.6 is 0 Å². The van der Waals surface area contributed by atoms with Gasteiger partial charge in [0.15, 0.2) is 0 Å². The van der Waals surface area contributed by atoms with Crippen molar-refractivity contribution in [2.45, 2.75) is 0 Å². The van der Waals surface area contributed by atoms with Crippen LogP contribution in [-0.4, -0.2) is 0 Å². The predicted molar refractivity (Wildman–Crippen MR) is 206 cm³/mol. The molecule has 0 heteroatoms. The molecule has 9 aromatic carbocycles. The Kier molecular flexibility index (Phi) is 6.15. The molecule has 0 spiro atoms. The average Bonchev–Trinajstić information content (AvgIpc) is 3.19. The predicted octanol–water partition coefficient (Wildman–Crippen LogP) is 13.5. The molecule has 0 saturated carbocycles. The number of rotatable bonds is 5. The molecule has 9 rings (SSSR count). The molecule has 0 aliphatic heterocycles. The Morgan fingerprint density at radius 2 is 0.729 bits per heavy atom. The monoisotopic (exact) mass is 611 g/mol. The normalized spacial score (nSPS) is 12.2. The fourth-order valence-corrected chi connectivity index (χ4v) is 7.39. The molecule has 0 saturated heterocycles. The molecule has 0 fully saturated rings. The molecule has 0 bridgehead atoms. The summed E-state index contributed by atoms with van der Waals surface area (Å²) in [6.07, 6.45) is 0. The van der Waals surface area contributed by atoms with Crippen LogP contribution in [0.2, 0.25) is 0 Å². The zero-order chi connectivity index (χ0) is 34.5. The first-order chi connectivity index (χ1) is 25.1. The summed E-state index contributed by atoms with van der Waals surface area (Å²) < 4.78 is 25.0. The Hall–Kier alpha value is -6.24. The molecule has 48 heavy (non-hydrogen) atoms. The van der Waals surface area contributed by atoms with E-state index in [4.69, 9.17) is 4.11 Å². The minimum absolute atomic E-state index is 0.0524. The summed E-state index contributed by atoms with van der Waals surface area (Å²) in [5, 5.41) is 7.01. The third-order valence-electron chi connectivity index (χ3n) is 9.51. The van der Waals surface area contributed by atoms with Gasteiger partial charge in [0.05, 0.1) is 4.11 Å². The highest BCUT2D eigenvalue weighted by atomic mass is 14.2. The van der Waals surface area contributed by atoms with Crippen molar-refractivity contribution in [1.82, 2.24) is 0 Å². The standard InChI is InChI=1S/C48H32/c1-4-16-33(17-5-1)37-22-10-13-25-42(37)48-44-27-15-14-26-43(44)47(35-20-8-3-9-21-35)46-32-36(28-29-45(46)48)39-31-30-38(34-18-6-2-7-19-34)40-23-11-12-24-41(39)40/h1-32H/i1D,4D,5D. The lowest BCUT2D eigenvalue weighted by molar-refractivity contribution is 1.60. The van der Waals surface area contributed by atoms with E-state index in [1.165, 1.54) is 33.0 Å². The molecule has 0 atom stereocenters. The van der Waals surface area contributed by atoms with E-state index in [0.29, 0.717) is 0 Å². The number of hydrogen-bond donors (Lipinski definition) is 0. The van der Waals surface area contributed by atoms with E-state index in [2.05, 4.69) is 158 Å². The quantitative estimate of drug-likeness (QED) is 0.170. The number of fused-ring (bicyclic) bond motifs is 3. The van der Waals surface area contributed by atoms with Crippen molar-refractivity contribution < 1.29 is 4.11 Å². The van der Waals surface area contributed by atoms with E-state index in [-0.39, 0.29) is 18.1 Å². The van der Waals surface area contributed by atoms with E-state index in [1.807, 2.05) is 6.07 Å². The molecule has 0 aliphatic carbocycles. The highest BCUT2D eigenvalue weighted by molar-refractivity contribution is 6.23. The van der Waals surface area contributed by atoms with Gasteiger partial charge in [0.25, 0.3) is 0 Å². The van der Waals surface area contributed by atoms with Crippen LogP contribution in [-0.2, 0) is 0 Å². The Bertz CT molecular complexity index is 2740. The van der Waals surface area contributed by atoms with Crippen LogP contribution in [0.3, 0.4) is 0 Å². The largest absolute Gasteiger partial charge is 0.0623 e. The van der Waals surface area contributed by atoms with Gasteiger partial charge in [-0.15, -0.1) is 0 Å². The molecule has 0 aromatic heterocycles. The summed E-state index contributed by atoms with van der Waals surface area (Å²) in [6, 6.07) is 61.7. The summed E-state index contributed by atoms with van der Waals surface area (Å²) in [4.78, 5) is 0. The van der Waals surface area contributed by atoms with Gasteiger partial charge in [0, 0.05) is 0 Å². The second-order valence-corrected chi connectivity index (χ2v) is 12.2. The third kappa shape index (κ3) is 4.70. The first kappa shape index (κ1) is 24.9. The topological polar surface area (TPSA) is 0 Å². The molecule has 0 N–H and O–H groups in total. The van der Waals surface area contributed by atoms with Crippen LogP contribution in [0.5, 0.6) is 0 Å². The second-order valence-electron chi connectivity index (χ2n) is 12.2. The van der Waals surface area contributed by atoms with E-state index in [1.54, 1.807) is 12.1 Å². The zero-order valence-corrected chi connectivity index (χ0v) is 26.2. The summed E-state index contributed by atoms with van der Waals surface area (Å²) in [6.45, 7) is 0. The van der Waals surface area contributed by atoms with E-state index in [9.17, 15) is 0 Å². The molecule has 0 amide bonds. The summed E-state index contributed by atoms with van der Waals surface area (Å²) >= 11 is 0. The van der Waals surface area contributed by atoms with Gasteiger partial charge in [-0.1, -0.05) is 188 Å². The van der Waals surface area contributed by atoms with Gasteiger partial charge in [0.1, 0.15) is 0 Å². The lowest BCUT2D eigenvalue weighted by atomic mass is 9.82. The van der Waals surface area contributed by atoms with Crippen LogP contribution in [0.1, 0.15) is 4.11 Å². The molecule has 224 valence electrons. The first-order valence-corrected chi connectivity index (χ1v) is 16.4. The van der Waals surface area contributed by atoms with Gasteiger partial charge in [-0.2, -0.15) is 0 Å². The number of benzene rings is 9. The second kappa shape index (κ2) is 11.8. The smallest absolute Gasteiger partial charge is 0.0622 e. The van der Waals surface area contributed by atoms with Crippen molar-refractivity contribution in [3.63, 3.8) is 0 Å². The molecule has 0 nitrogen and oxygen atoms in total. The number of hydrogen-bond acceptors (Lipinski definition) is 0. The molecule has 9 aromatic rings. The van der Waals surface area contributed by atoms with E-state index < -0.39 is 0 Å². The van der Waals surface area contributed by atoms with Crippen molar-refractivity contribution in [1.29, 1.82) is 0 Å². The first-order valence-electron chi connectivity index (χ1n) is 17.9. The van der Waals surface area contributed by atoms with E-state index in [0.717, 1.165) is 54.9 Å². The Morgan fingerprint density at radius 3 is 1.40 bits per heavy atom. The highest BCUT2D eigenvalue weighted by Crippen LogP contribution is 2.47. The molecular formula is C48H32. The minimum Gasteiger partial charge on any atom is -0.0622 e. The van der Waals surface area contributed by atoms with Gasteiger partial charge >= 0.3 is 0 Å². The van der Waals surface area contributed by atoms with Crippen LogP contribution in [0.25, 0.3) is 88.0 Å². The van der Waals surface area contributed by atoms with Gasteiger partial charge in [-0.05, 0) is 94.0 Å². The van der Waals surface area contributed by atoms with Crippen LogP contribution in [0.15, 0.2) is 194 Å². The maximum atomic E-state index is 8.43. The molecule has 0 radical (unpaired) electrons. The minimum atomic E-state index is -0.0591. The summed E-state index contributed by atoms with van der Waals surface area (Å²) in [5.41, 5.74) is 10.9. The van der Waals surface area contributed by atoms with Crippen molar-refractivity contribution >= 4 is 32.3 Å².